The molecule has 1 amide bonds. The number of rotatable bonds is 7. The summed E-state index contributed by atoms with van der Waals surface area (Å²) in [6.45, 7) is 9.51. The Morgan fingerprint density at radius 2 is 1.83 bits per heavy atom. The molecule has 3 N–H and O–H groups in total. The van der Waals surface area contributed by atoms with Crippen molar-refractivity contribution >= 4 is 28.7 Å². The average molecular weight is 398 g/mol. The fourth-order valence-corrected chi connectivity index (χ4v) is 3.50. The standard InChI is InChI=1S/C21H27N5O3/c1-3-24-12-14-25(15-13-24)18-10-8-17(9-11-18)22-16(2)21(27)23-19-6-4-5-7-20(19)26(28)29/h4-11,16,22H,3,12-15H2,1-2H3,(H,23,27)/p+1/t16-/m0/s1. The number of para-hydroxylation sites is 2. The van der Waals surface area contributed by atoms with Gasteiger partial charge in [-0.05, 0) is 44.2 Å². The van der Waals surface area contributed by atoms with Gasteiger partial charge in [0.25, 0.3) is 5.69 Å². The van der Waals surface area contributed by atoms with Crippen LogP contribution in [0.1, 0.15) is 13.8 Å². The van der Waals surface area contributed by atoms with Crippen LogP contribution in [0, 0.1) is 10.1 Å². The molecule has 0 bridgehead atoms. The quantitative estimate of drug-likeness (QED) is 0.488. The van der Waals surface area contributed by atoms with E-state index in [1.165, 1.54) is 24.4 Å². The Bertz CT molecular complexity index is 848. The lowest BCUT2D eigenvalue weighted by Crippen LogP contribution is -3.14. The molecule has 1 aliphatic rings. The normalized spacial score (nSPS) is 15.6. The molecule has 0 saturated carbocycles. The highest BCUT2D eigenvalue weighted by molar-refractivity contribution is 5.98. The number of benzene rings is 2. The van der Waals surface area contributed by atoms with Crippen molar-refractivity contribution in [2.75, 3.05) is 48.3 Å². The van der Waals surface area contributed by atoms with Crippen LogP contribution < -0.4 is 20.4 Å². The molecule has 1 aliphatic heterocycles. The zero-order chi connectivity index (χ0) is 20.8. The second-order valence-electron chi connectivity index (χ2n) is 7.27. The molecule has 1 atom stereocenters. The van der Waals surface area contributed by atoms with E-state index in [9.17, 15) is 14.9 Å². The van der Waals surface area contributed by atoms with Gasteiger partial charge < -0.3 is 20.4 Å². The van der Waals surface area contributed by atoms with Crippen molar-refractivity contribution in [3.63, 3.8) is 0 Å². The number of nitrogens with one attached hydrogen (secondary N) is 3. The summed E-state index contributed by atoms with van der Waals surface area (Å²) in [7, 11) is 0. The molecule has 29 heavy (non-hydrogen) atoms. The lowest BCUT2D eigenvalue weighted by molar-refractivity contribution is -0.898. The maximum absolute atomic E-state index is 12.5. The van der Waals surface area contributed by atoms with Crippen LogP contribution in [0.3, 0.4) is 0 Å². The van der Waals surface area contributed by atoms with Gasteiger partial charge in [-0.3, -0.25) is 14.9 Å². The van der Waals surface area contributed by atoms with Crippen molar-refractivity contribution in [3.8, 4) is 0 Å². The smallest absolute Gasteiger partial charge is 0.292 e. The Hall–Kier alpha value is -3.13. The average Bonchev–Trinajstić information content (AvgIpc) is 2.74. The van der Waals surface area contributed by atoms with Gasteiger partial charge in [-0.15, -0.1) is 0 Å². The van der Waals surface area contributed by atoms with Crippen molar-refractivity contribution in [2.45, 2.75) is 19.9 Å². The first-order chi connectivity index (χ1) is 14.0. The maximum Gasteiger partial charge on any atom is 0.292 e. The summed E-state index contributed by atoms with van der Waals surface area (Å²) in [5, 5.41) is 16.9. The van der Waals surface area contributed by atoms with Crippen LogP contribution in [0.15, 0.2) is 48.5 Å². The van der Waals surface area contributed by atoms with Crippen molar-refractivity contribution in [2.24, 2.45) is 0 Å². The first-order valence-electron chi connectivity index (χ1n) is 9.97. The van der Waals surface area contributed by atoms with Crippen LogP contribution in [0.4, 0.5) is 22.7 Å². The van der Waals surface area contributed by atoms with Crippen molar-refractivity contribution in [1.82, 2.24) is 0 Å². The van der Waals surface area contributed by atoms with Crippen LogP contribution in [-0.2, 0) is 4.79 Å². The monoisotopic (exact) mass is 398 g/mol. The van der Waals surface area contributed by atoms with E-state index in [1.54, 1.807) is 24.0 Å². The highest BCUT2D eigenvalue weighted by atomic mass is 16.6. The van der Waals surface area contributed by atoms with Gasteiger partial charge in [-0.2, -0.15) is 0 Å². The molecule has 2 aromatic carbocycles. The van der Waals surface area contributed by atoms with Crippen LogP contribution in [0.2, 0.25) is 0 Å². The van der Waals surface area contributed by atoms with E-state index in [-0.39, 0.29) is 17.3 Å². The van der Waals surface area contributed by atoms with Gasteiger partial charge in [0.05, 0.1) is 37.6 Å². The van der Waals surface area contributed by atoms with E-state index in [4.69, 9.17) is 0 Å². The number of nitro benzene ring substituents is 1. The molecule has 1 fully saturated rings. The summed E-state index contributed by atoms with van der Waals surface area (Å²) in [4.78, 5) is 27.1. The third-order valence-electron chi connectivity index (χ3n) is 5.34. The Kier molecular flexibility index (Phi) is 6.66. The van der Waals surface area contributed by atoms with E-state index in [2.05, 4.69) is 34.6 Å². The number of carbonyl (C=O) groups is 1. The molecule has 0 aliphatic carbocycles. The van der Waals surface area contributed by atoms with E-state index in [0.717, 1.165) is 31.9 Å². The molecule has 1 saturated heterocycles. The summed E-state index contributed by atoms with van der Waals surface area (Å²) in [5.74, 6) is -0.331. The summed E-state index contributed by atoms with van der Waals surface area (Å²) < 4.78 is 0. The number of hydrogen-bond acceptors (Lipinski definition) is 5. The Morgan fingerprint density at radius 1 is 1.17 bits per heavy atom. The highest BCUT2D eigenvalue weighted by Crippen LogP contribution is 2.24. The van der Waals surface area contributed by atoms with Gasteiger partial charge in [0.2, 0.25) is 5.91 Å². The third kappa shape index (κ3) is 5.23. The largest absolute Gasteiger partial charge is 0.374 e. The second kappa shape index (κ2) is 9.38. The van der Waals surface area contributed by atoms with Crippen LogP contribution >= 0.6 is 0 Å². The van der Waals surface area contributed by atoms with E-state index < -0.39 is 11.0 Å². The molecule has 0 radical (unpaired) electrons. The number of piperazine rings is 1. The molecule has 0 spiro atoms. The molecule has 0 aromatic heterocycles. The Morgan fingerprint density at radius 3 is 2.45 bits per heavy atom. The van der Waals surface area contributed by atoms with E-state index in [0.29, 0.717) is 0 Å². The van der Waals surface area contributed by atoms with Gasteiger partial charge in [0.1, 0.15) is 11.7 Å². The minimum absolute atomic E-state index is 0.123. The third-order valence-corrected chi connectivity index (χ3v) is 5.34. The van der Waals surface area contributed by atoms with Gasteiger partial charge >= 0.3 is 0 Å². The molecule has 8 heteroatoms. The Labute approximate surface area is 170 Å². The first-order valence-corrected chi connectivity index (χ1v) is 9.97. The number of anilines is 3. The number of nitro groups is 1. The number of amides is 1. The van der Waals surface area contributed by atoms with E-state index in [1.807, 2.05) is 12.1 Å². The lowest BCUT2D eigenvalue weighted by Gasteiger charge is -2.33. The molecular weight excluding hydrogens is 370 g/mol. The van der Waals surface area contributed by atoms with Crippen LogP contribution in [-0.4, -0.2) is 49.6 Å². The zero-order valence-corrected chi connectivity index (χ0v) is 16.9. The number of carbonyl (C=O) groups excluding carboxylic acids is 1. The molecule has 2 aromatic rings. The van der Waals surface area contributed by atoms with Crippen molar-refractivity contribution in [1.29, 1.82) is 0 Å². The van der Waals surface area contributed by atoms with Crippen LogP contribution in [0.5, 0.6) is 0 Å². The van der Waals surface area contributed by atoms with Gasteiger partial charge in [-0.25, -0.2) is 0 Å². The fraction of sp³-hybridized carbons (Fsp3) is 0.381. The predicted octanol–water partition coefficient (Wildman–Crippen LogP) is 1.76. The van der Waals surface area contributed by atoms with Gasteiger partial charge in [-0.1, -0.05) is 12.1 Å². The van der Waals surface area contributed by atoms with Crippen molar-refractivity contribution < 1.29 is 14.6 Å². The first kappa shape index (κ1) is 20.6. The number of hydrogen-bond donors (Lipinski definition) is 3. The SMILES string of the molecule is CC[NH+]1CCN(c2ccc(N[C@@H](C)C(=O)Nc3ccccc3[N+](=O)[O-])cc2)CC1. The van der Waals surface area contributed by atoms with E-state index >= 15 is 0 Å². The van der Waals surface area contributed by atoms with Crippen molar-refractivity contribution in [3.05, 3.63) is 58.6 Å². The zero-order valence-electron chi connectivity index (χ0n) is 16.9. The molecule has 8 nitrogen and oxygen atoms in total. The Balaban J connectivity index is 1.57. The molecule has 3 rings (SSSR count). The number of likely N-dealkylation sites (N-methyl/N-ethyl adjacent to an activating group) is 1. The van der Waals surface area contributed by atoms with Crippen LogP contribution in [0.25, 0.3) is 0 Å². The summed E-state index contributed by atoms with van der Waals surface area (Å²) in [6, 6.07) is 13.6. The summed E-state index contributed by atoms with van der Waals surface area (Å²) >= 11 is 0. The fourth-order valence-electron chi connectivity index (χ4n) is 3.50. The minimum Gasteiger partial charge on any atom is -0.374 e. The minimum atomic E-state index is -0.544. The molecule has 1 heterocycles. The highest BCUT2D eigenvalue weighted by Gasteiger charge is 2.20. The molecule has 0 unspecified atom stereocenters. The van der Waals surface area contributed by atoms with Gasteiger partial charge in [0, 0.05) is 17.4 Å². The number of quaternary nitrogens is 1. The maximum atomic E-state index is 12.5. The lowest BCUT2D eigenvalue weighted by atomic mass is 10.2. The summed E-state index contributed by atoms with van der Waals surface area (Å²) in [5.41, 5.74) is 2.08. The number of nitrogens with zero attached hydrogens (tertiary/aromatic N) is 2. The topological polar surface area (TPSA) is 92.0 Å². The molecule has 154 valence electrons. The molecular formula is C21H28N5O3+. The second-order valence-corrected chi connectivity index (χ2v) is 7.27. The predicted molar refractivity (Wildman–Crippen MR) is 115 cm³/mol. The summed E-state index contributed by atoms with van der Waals surface area (Å²) in [6.07, 6.45) is 0. The van der Waals surface area contributed by atoms with Gasteiger partial charge in [0.15, 0.2) is 0 Å².